The van der Waals surface area contributed by atoms with Gasteiger partial charge in [-0.1, -0.05) is 26.7 Å². The van der Waals surface area contributed by atoms with Crippen molar-refractivity contribution < 1.29 is 14.3 Å². The van der Waals surface area contributed by atoms with E-state index < -0.39 is 17.7 Å². The Morgan fingerprint density at radius 3 is 2.18 bits per heavy atom. The second-order valence-corrected chi connectivity index (χ2v) is 5.53. The number of nitrogens with one attached hydrogen (secondary N) is 2. The van der Waals surface area contributed by atoms with E-state index in [1.165, 1.54) is 0 Å². The Labute approximate surface area is 108 Å². The van der Waals surface area contributed by atoms with E-state index in [0.29, 0.717) is 6.42 Å². The average Bonchev–Trinajstić information content (AvgIpc) is 2.11. The van der Waals surface area contributed by atoms with Gasteiger partial charge in [-0.25, -0.2) is 4.79 Å². The molecule has 100 valence electrons. The number of carbonyl (C=O) groups excluding carboxylic acids is 2. The molecular formula is C11H22N2O3S. The lowest BCUT2D eigenvalue weighted by Gasteiger charge is -2.23. The molecule has 0 aliphatic heterocycles. The molecule has 6 heteroatoms. The summed E-state index contributed by atoms with van der Waals surface area (Å²) in [4.78, 5) is 23.0. The first-order valence-corrected chi connectivity index (χ1v) is 6.04. The predicted octanol–water partition coefficient (Wildman–Crippen LogP) is 1.89. The van der Waals surface area contributed by atoms with E-state index in [-0.39, 0.29) is 11.8 Å². The van der Waals surface area contributed by atoms with E-state index in [1.54, 1.807) is 20.8 Å². The lowest BCUT2D eigenvalue weighted by atomic mass is 10.0. The molecule has 0 saturated heterocycles. The largest absolute Gasteiger partial charge is 0.444 e. The van der Waals surface area contributed by atoms with Crippen molar-refractivity contribution in [1.29, 1.82) is 0 Å². The number of ether oxygens (including phenoxy) is 1. The predicted molar refractivity (Wildman–Crippen MR) is 69.7 cm³/mol. The molecule has 0 unspecified atom stereocenters. The summed E-state index contributed by atoms with van der Waals surface area (Å²) in [5, 5.41) is 2.53. The maximum absolute atomic E-state index is 11.5. The van der Waals surface area contributed by atoms with Gasteiger partial charge in [-0.15, -0.1) is 0 Å². The van der Waals surface area contributed by atoms with Crippen LogP contribution in [-0.2, 0) is 9.53 Å². The molecule has 0 radical (unpaired) electrons. The molecule has 0 bridgehead atoms. The smallest absolute Gasteiger partial charge is 0.408 e. The van der Waals surface area contributed by atoms with Crippen LogP contribution in [0.3, 0.4) is 0 Å². The van der Waals surface area contributed by atoms with Gasteiger partial charge in [-0.2, -0.15) is 0 Å². The van der Waals surface area contributed by atoms with Crippen LogP contribution in [0, 0.1) is 5.92 Å². The van der Waals surface area contributed by atoms with Crippen LogP contribution in [0.1, 0.15) is 41.0 Å². The van der Waals surface area contributed by atoms with E-state index in [2.05, 4.69) is 22.9 Å². The molecule has 2 amide bonds. The molecule has 0 aliphatic rings. The van der Waals surface area contributed by atoms with Crippen molar-refractivity contribution in [3.63, 3.8) is 0 Å². The van der Waals surface area contributed by atoms with E-state index in [1.807, 2.05) is 13.8 Å². The van der Waals surface area contributed by atoms with Gasteiger partial charge in [-0.05, 0) is 33.1 Å². The fraction of sp³-hybridized carbons (Fsp3) is 0.818. The number of alkyl carbamates (subject to hydrolysis) is 1. The monoisotopic (exact) mass is 262 g/mol. The number of carbonyl (C=O) groups is 2. The van der Waals surface area contributed by atoms with Gasteiger partial charge in [0.1, 0.15) is 11.6 Å². The zero-order valence-electron chi connectivity index (χ0n) is 11.0. The third kappa shape index (κ3) is 7.90. The van der Waals surface area contributed by atoms with Crippen LogP contribution >= 0.6 is 12.8 Å². The third-order valence-electron chi connectivity index (χ3n) is 1.82. The maximum atomic E-state index is 11.5. The van der Waals surface area contributed by atoms with Gasteiger partial charge in [0.2, 0.25) is 0 Å². The van der Waals surface area contributed by atoms with E-state index in [4.69, 9.17) is 4.74 Å². The highest BCUT2D eigenvalue weighted by molar-refractivity contribution is 7.78. The van der Waals surface area contributed by atoms with Crippen molar-refractivity contribution in [2.75, 3.05) is 0 Å². The van der Waals surface area contributed by atoms with Crippen LogP contribution < -0.4 is 10.0 Å². The molecule has 0 aliphatic carbocycles. The summed E-state index contributed by atoms with van der Waals surface area (Å²) in [5.41, 5.74) is -0.579. The van der Waals surface area contributed by atoms with Gasteiger partial charge in [0.05, 0.1) is 0 Å². The van der Waals surface area contributed by atoms with Crippen LogP contribution in [0.2, 0.25) is 0 Å². The van der Waals surface area contributed by atoms with Crippen molar-refractivity contribution >= 4 is 24.8 Å². The molecule has 0 saturated carbocycles. The first-order chi connectivity index (χ1) is 7.65. The molecular weight excluding hydrogens is 240 g/mol. The lowest BCUT2D eigenvalue weighted by molar-refractivity contribution is -0.121. The highest BCUT2D eigenvalue weighted by atomic mass is 32.1. The highest BCUT2D eigenvalue weighted by Crippen LogP contribution is 2.09. The Kier molecular flexibility index (Phi) is 6.37. The topological polar surface area (TPSA) is 67.4 Å². The Morgan fingerprint density at radius 1 is 1.29 bits per heavy atom. The summed E-state index contributed by atoms with van der Waals surface area (Å²) < 4.78 is 7.31. The first kappa shape index (κ1) is 16.1. The Balaban J connectivity index is 4.43. The molecule has 0 spiro atoms. The van der Waals surface area contributed by atoms with Crippen molar-refractivity contribution in [3.8, 4) is 0 Å². The van der Waals surface area contributed by atoms with Gasteiger partial charge < -0.3 is 14.8 Å². The first-order valence-electron chi connectivity index (χ1n) is 5.59. The Hall–Kier alpha value is -0.910. The molecule has 0 heterocycles. The average molecular weight is 262 g/mol. The summed E-state index contributed by atoms with van der Waals surface area (Å²) in [7, 11) is 0. The van der Waals surface area contributed by atoms with Crippen molar-refractivity contribution in [3.05, 3.63) is 0 Å². The minimum atomic E-state index is -0.623. The molecule has 0 aromatic heterocycles. The van der Waals surface area contributed by atoms with Gasteiger partial charge in [-0.3, -0.25) is 4.79 Å². The SMILES string of the molecule is CC(C)C[C@H](NC(=O)OC(C)(C)C)C(=O)NS. The number of hydrogen-bond acceptors (Lipinski definition) is 4. The molecule has 0 aromatic rings. The Bertz CT molecular complexity index is 274. The van der Waals surface area contributed by atoms with Gasteiger partial charge in [0, 0.05) is 0 Å². The lowest BCUT2D eigenvalue weighted by Crippen LogP contribution is -2.47. The molecule has 5 nitrogen and oxygen atoms in total. The summed E-state index contributed by atoms with van der Waals surface area (Å²) in [6.45, 7) is 9.24. The molecule has 17 heavy (non-hydrogen) atoms. The van der Waals surface area contributed by atoms with Gasteiger partial charge in [0.25, 0.3) is 5.91 Å². The molecule has 0 fully saturated rings. The number of thiol groups is 1. The summed E-state index contributed by atoms with van der Waals surface area (Å²) in [6.07, 6.45) is -0.0638. The fourth-order valence-corrected chi connectivity index (χ4v) is 1.39. The van der Waals surface area contributed by atoms with E-state index in [0.717, 1.165) is 0 Å². The Morgan fingerprint density at radius 2 is 1.82 bits per heavy atom. The van der Waals surface area contributed by atoms with E-state index in [9.17, 15) is 9.59 Å². The highest BCUT2D eigenvalue weighted by Gasteiger charge is 2.24. The summed E-state index contributed by atoms with van der Waals surface area (Å²) in [6, 6.07) is -0.623. The van der Waals surface area contributed by atoms with Crippen molar-refractivity contribution in [2.45, 2.75) is 52.7 Å². The van der Waals surface area contributed by atoms with Crippen LogP contribution in [0.4, 0.5) is 4.79 Å². The number of amides is 2. The number of rotatable bonds is 4. The zero-order chi connectivity index (χ0) is 13.6. The van der Waals surface area contributed by atoms with Crippen LogP contribution in [0.25, 0.3) is 0 Å². The second kappa shape index (κ2) is 6.74. The van der Waals surface area contributed by atoms with Crippen molar-refractivity contribution in [2.24, 2.45) is 5.92 Å². The van der Waals surface area contributed by atoms with Crippen LogP contribution in [0.15, 0.2) is 0 Å². The maximum Gasteiger partial charge on any atom is 0.408 e. The summed E-state index contributed by atoms with van der Waals surface area (Å²) >= 11 is 3.69. The molecule has 0 aromatic carbocycles. The standard InChI is InChI=1S/C11H22N2O3S/c1-7(2)6-8(9(14)13-17)12-10(15)16-11(3,4)5/h7-8,17H,6H2,1-5H3,(H,12,15)(H,13,14)/t8-/m0/s1. The second-order valence-electron chi connectivity index (χ2n) is 5.30. The fourth-order valence-electron chi connectivity index (χ4n) is 1.23. The van der Waals surface area contributed by atoms with Gasteiger partial charge in [0.15, 0.2) is 0 Å². The van der Waals surface area contributed by atoms with Gasteiger partial charge >= 0.3 is 6.09 Å². The minimum Gasteiger partial charge on any atom is -0.444 e. The number of hydrogen-bond donors (Lipinski definition) is 3. The molecule has 0 rings (SSSR count). The van der Waals surface area contributed by atoms with E-state index >= 15 is 0 Å². The van der Waals surface area contributed by atoms with Crippen molar-refractivity contribution in [1.82, 2.24) is 10.0 Å². The van der Waals surface area contributed by atoms with Crippen LogP contribution in [-0.4, -0.2) is 23.6 Å². The minimum absolute atomic E-state index is 0.278. The quantitative estimate of drug-likeness (QED) is 0.678. The summed E-state index contributed by atoms with van der Waals surface area (Å²) in [5.74, 6) is -0.0616. The van der Waals surface area contributed by atoms with Crippen LogP contribution in [0.5, 0.6) is 0 Å². The third-order valence-corrected chi connectivity index (χ3v) is 2.05. The normalized spacial score (nSPS) is 13.1. The zero-order valence-corrected chi connectivity index (χ0v) is 11.9. The molecule has 2 N–H and O–H groups in total. The molecule has 1 atom stereocenters.